The SMILES string of the molecule is CCCc1ccc(C(C)(NC2CCCCC2)C(=O)O)cc1. The van der Waals surface area contributed by atoms with Crippen LogP contribution in [-0.2, 0) is 16.8 Å². The number of hydrogen-bond acceptors (Lipinski definition) is 2. The quantitative estimate of drug-likeness (QED) is 0.836. The lowest BCUT2D eigenvalue weighted by Gasteiger charge is -2.34. The molecule has 0 radical (unpaired) electrons. The lowest BCUT2D eigenvalue weighted by atomic mass is 9.87. The molecular weight excluding hydrogens is 262 g/mol. The molecule has 1 saturated carbocycles. The number of benzene rings is 1. The molecule has 0 amide bonds. The molecule has 1 unspecified atom stereocenters. The first-order chi connectivity index (χ1) is 10.1. The Balaban J connectivity index is 2.17. The molecule has 1 aliphatic rings. The van der Waals surface area contributed by atoms with Gasteiger partial charge < -0.3 is 5.11 Å². The lowest BCUT2D eigenvalue weighted by Crippen LogP contribution is -2.51. The minimum absolute atomic E-state index is 0.315. The number of aliphatic carboxylic acids is 1. The molecule has 0 aromatic heterocycles. The van der Waals surface area contributed by atoms with Gasteiger partial charge in [0.05, 0.1) is 0 Å². The third-order valence-electron chi connectivity index (χ3n) is 4.60. The zero-order valence-corrected chi connectivity index (χ0v) is 13.2. The van der Waals surface area contributed by atoms with Gasteiger partial charge >= 0.3 is 5.97 Å². The van der Waals surface area contributed by atoms with Gasteiger partial charge in [0.25, 0.3) is 0 Å². The van der Waals surface area contributed by atoms with E-state index in [0.29, 0.717) is 6.04 Å². The molecular formula is C18H27NO2. The van der Waals surface area contributed by atoms with Gasteiger partial charge in [0.1, 0.15) is 5.54 Å². The van der Waals surface area contributed by atoms with Crippen LogP contribution in [-0.4, -0.2) is 17.1 Å². The zero-order valence-electron chi connectivity index (χ0n) is 13.2. The minimum atomic E-state index is -0.993. The van der Waals surface area contributed by atoms with E-state index in [-0.39, 0.29) is 0 Å². The van der Waals surface area contributed by atoms with Crippen LogP contribution in [0.4, 0.5) is 0 Å². The molecule has 3 nitrogen and oxygen atoms in total. The molecule has 1 aromatic rings. The Morgan fingerprint density at radius 1 is 1.24 bits per heavy atom. The number of aryl methyl sites for hydroxylation is 1. The second kappa shape index (κ2) is 7.08. The first-order valence-corrected chi connectivity index (χ1v) is 8.16. The second-order valence-electron chi connectivity index (χ2n) is 6.36. The van der Waals surface area contributed by atoms with E-state index in [1.807, 2.05) is 12.1 Å². The van der Waals surface area contributed by atoms with Crippen LogP contribution in [0.15, 0.2) is 24.3 Å². The fourth-order valence-corrected chi connectivity index (χ4v) is 3.22. The Kier molecular flexibility index (Phi) is 5.40. The Labute approximate surface area is 127 Å². The highest BCUT2D eigenvalue weighted by Crippen LogP contribution is 2.27. The highest BCUT2D eigenvalue weighted by molar-refractivity contribution is 5.80. The van der Waals surface area contributed by atoms with Gasteiger partial charge in [-0.3, -0.25) is 5.32 Å². The van der Waals surface area contributed by atoms with Crippen molar-refractivity contribution in [2.75, 3.05) is 0 Å². The topological polar surface area (TPSA) is 49.3 Å². The Morgan fingerprint density at radius 2 is 1.86 bits per heavy atom. The van der Waals surface area contributed by atoms with Crippen molar-refractivity contribution in [1.29, 1.82) is 0 Å². The monoisotopic (exact) mass is 289 g/mol. The van der Waals surface area contributed by atoms with Crippen LogP contribution in [0, 0.1) is 0 Å². The molecule has 116 valence electrons. The summed E-state index contributed by atoms with van der Waals surface area (Å²) in [5.41, 5.74) is 1.12. The van der Waals surface area contributed by atoms with Crippen molar-refractivity contribution in [2.45, 2.75) is 70.4 Å². The largest absolute Gasteiger partial charge is 0.480 e. The first-order valence-electron chi connectivity index (χ1n) is 8.16. The first kappa shape index (κ1) is 16.0. The van der Waals surface area contributed by atoms with E-state index in [4.69, 9.17) is 0 Å². The number of carbonyl (C=O) groups is 1. The van der Waals surface area contributed by atoms with Crippen LogP contribution in [0.2, 0.25) is 0 Å². The van der Waals surface area contributed by atoms with Crippen molar-refractivity contribution in [2.24, 2.45) is 0 Å². The van der Waals surface area contributed by atoms with Gasteiger partial charge in [-0.15, -0.1) is 0 Å². The van der Waals surface area contributed by atoms with Crippen LogP contribution in [0.1, 0.15) is 63.5 Å². The van der Waals surface area contributed by atoms with Gasteiger partial charge in [-0.2, -0.15) is 0 Å². The number of carboxylic acid groups (broad SMARTS) is 1. The summed E-state index contributed by atoms with van der Waals surface area (Å²) in [5, 5.41) is 13.1. The predicted molar refractivity (Wildman–Crippen MR) is 85.4 cm³/mol. The molecule has 0 heterocycles. The Morgan fingerprint density at radius 3 is 2.38 bits per heavy atom. The van der Waals surface area contributed by atoms with Crippen molar-refractivity contribution in [3.8, 4) is 0 Å². The molecule has 0 spiro atoms. The van der Waals surface area contributed by atoms with Gasteiger partial charge in [0, 0.05) is 6.04 Å². The van der Waals surface area contributed by atoms with E-state index in [0.717, 1.165) is 31.2 Å². The van der Waals surface area contributed by atoms with Gasteiger partial charge in [0.15, 0.2) is 0 Å². The van der Waals surface area contributed by atoms with Gasteiger partial charge in [0.2, 0.25) is 0 Å². The molecule has 2 rings (SSSR count). The van der Waals surface area contributed by atoms with Crippen LogP contribution in [0.3, 0.4) is 0 Å². The standard InChI is InChI=1S/C18H27NO2/c1-3-7-14-10-12-15(13-11-14)18(2,17(20)21)19-16-8-5-4-6-9-16/h10-13,16,19H,3-9H2,1-2H3,(H,20,21). The lowest BCUT2D eigenvalue weighted by molar-refractivity contribution is -0.145. The fourth-order valence-electron chi connectivity index (χ4n) is 3.22. The maximum Gasteiger partial charge on any atom is 0.328 e. The van der Waals surface area contributed by atoms with Crippen molar-refractivity contribution >= 4 is 5.97 Å². The molecule has 1 aromatic carbocycles. The van der Waals surface area contributed by atoms with E-state index >= 15 is 0 Å². The zero-order chi connectivity index (χ0) is 15.3. The highest BCUT2D eigenvalue weighted by Gasteiger charge is 2.37. The van der Waals surface area contributed by atoms with E-state index in [2.05, 4.69) is 24.4 Å². The number of rotatable bonds is 6. The maximum absolute atomic E-state index is 11.8. The third-order valence-corrected chi connectivity index (χ3v) is 4.60. The summed E-state index contributed by atoms with van der Waals surface area (Å²) in [6.45, 7) is 3.94. The van der Waals surface area contributed by atoms with Crippen LogP contribution in [0.25, 0.3) is 0 Å². The number of nitrogens with one attached hydrogen (secondary N) is 1. The van der Waals surface area contributed by atoms with Crippen molar-refractivity contribution < 1.29 is 9.90 Å². The average Bonchev–Trinajstić information content (AvgIpc) is 2.49. The fraction of sp³-hybridized carbons (Fsp3) is 0.611. The summed E-state index contributed by atoms with van der Waals surface area (Å²) in [6, 6.07) is 8.37. The summed E-state index contributed by atoms with van der Waals surface area (Å²) in [7, 11) is 0. The molecule has 21 heavy (non-hydrogen) atoms. The van der Waals surface area contributed by atoms with E-state index < -0.39 is 11.5 Å². The third kappa shape index (κ3) is 3.85. The average molecular weight is 289 g/mol. The minimum Gasteiger partial charge on any atom is -0.480 e. The molecule has 0 saturated heterocycles. The molecule has 3 heteroatoms. The van der Waals surface area contributed by atoms with E-state index in [1.165, 1.54) is 24.8 Å². The predicted octanol–water partition coefficient (Wildman–Crippen LogP) is 3.86. The Hall–Kier alpha value is -1.35. The van der Waals surface area contributed by atoms with Crippen molar-refractivity contribution in [1.82, 2.24) is 5.32 Å². The highest BCUT2D eigenvalue weighted by atomic mass is 16.4. The van der Waals surface area contributed by atoms with Crippen molar-refractivity contribution in [3.63, 3.8) is 0 Å². The summed E-state index contributed by atoms with van der Waals surface area (Å²) in [6.07, 6.45) is 7.98. The summed E-state index contributed by atoms with van der Waals surface area (Å²) in [4.78, 5) is 11.8. The van der Waals surface area contributed by atoms with Crippen LogP contribution < -0.4 is 5.32 Å². The molecule has 1 atom stereocenters. The van der Waals surface area contributed by atoms with E-state index in [9.17, 15) is 9.90 Å². The molecule has 0 aliphatic heterocycles. The second-order valence-corrected chi connectivity index (χ2v) is 6.36. The smallest absolute Gasteiger partial charge is 0.328 e. The normalized spacial score (nSPS) is 19.1. The van der Waals surface area contributed by atoms with Gasteiger partial charge in [-0.1, -0.05) is 56.9 Å². The summed E-state index contributed by atoms with van der Waals surface area (Å²) >= 11 is 0. The molecule has 2 N–H and O–H groups in total. The number of carboxylic acids is 1. The summed E-state index contributed by atoms with van der Waals surface area (Å²) < 4.78 is 0. The maximum atomic E-state index is 11.8. The summed E-state index contributed by atoms with van der Waals surface area (Å²) in [5.74, 6) is -0.795. The van der Waals surface area contributed by atoms with Crippen molar-refractivity contribution in [3.05, 3.63) is 35.4 Å². The Bertz CT molecular complexity index is 463. The number of hydrogen-bond donors (Lipinski definition) is 2. The molecule has 0 bridgehead atoms. The van der Waals surface area contributed by atoms with Gasteiger partial charge in [-0.25, -0.2) is 4.79 Å². The van der Waals surface area contributed by atoms with Gasteiger partial charge in [-0.05, 0) is 37.3 Å². The molecule has 1 aliphatic carbocycles. The van der Waals surface area contributed by atoms with Crippen LogP contribution in [0.5, 0.6) is 0 Å². The molecule has 1 fully saturated rings. The van der Waals surface area contributed by atoms with E-state index in [1.54, 1.807) is 6.92 Å². The van der Waals surface area contributed by atoms with Crippen LogP contribution >= 0.6 is 0 Å².